The summed E-state index contributed by atoms with van der Waals surface area (Å²) in [7, 11) is 1.97. The lowest BCUT2D eigenvalue weighted by atomic mass is 10.1. The lowest BCUT2D eigenvalue weighted by molar-refractivity contribution is 0.306. The molecular weight excluding hydrogens is 334 g/mol. The van der Waals surface area contributed by atoms with Crippen molar-refractivity contribution in [2.24, 2.45) is 7.05 Å². The Balaban J connectivity index is 1.48. The maximum atomic E-state index is 5.91. The smallest absolute Gasteiger partial charge is 0.119 e. The van der Waals surface area contributed by atoms with Crippen molar-refractivity contribution in [2.75, 3.05) is 6.54 Å². The van der Waals surface area contributed by atoms with Gasteiger partial charge in [0.2, 0.25) is 0 Å². The van der Waals surface area contributed by atoms with E-state index >= 15 is 0 Å². The summed E-state index contributed by atoms with van der Waals surface area (Å²) in [6.07, 6.45) is 3.09. The van der Waals surface area contributed by atoms with Gasteiger partial charge in [0, 0.05) is 19.3 Å². The van der Waals surface area contributed by atoms with Crippen molar-refractivity contribution < 1.29 is 4.74 Å². The minimum Gasteiger partial charge on any atom is -0.489 e. The van der Waals surface area contributed by atoms with Gasteiger partial charge in [-0.05, 0) is 62.6 Å². The van der Waals surface area contributed by atoms with E-state index in [0.29, 0.717) is 12.6 Å². The summed E-state index contributed by atoms with van der Waals surface area (Å²) >= 11 is 0. The minimum atomic E-state index is 0.299. The zero-order valence-electron chi connectivity index (χ0n) is 16.7. The number of ether oxygens (including phenoxy) is 1. The molecule has 0 amide bonds. The summed E-state index contributed by atoms with van der Waals surface area (Å²) in [6, 6.07) is 17.1. The van der Waals surface area contributed by atoms with Crippen LogP contribution in [0.5, 0.6) is 5.75 Å². The van der Waals surface area contributed by atoms with Gasteiger partial charge in [0.25, 0.3) is 0 Å². The molecular formula is C23H29N3O. The van der Waals surface area contributed by atoms with Gasteiger partial charge in [-0.1, -0.05) is 42.0 Å². The van der Waals surface area contributed by atoms with Crippen LogP contribution in [0.2, 0.25) is 0 Å². The van der Waals surface area contributed by atoms with E-state index in [9.17, 15) is 0 Å². The average molecular weight is 364 g/mol. The van der Waals surface area contributed by atoms with E-state index in [1.165, 1.54) is 22.3 Å². The number of aromatic nitrogens is 2. The number of nitrogens with one attached hydrogen (secondary N) is 1. The molecule has 3 rings (SSSR count). The summed E-state index contributed by atoms with van der Waals surface area (Å²) in [4.78, 5) is 0. The van der Waals surface area contributed by atoms with Crippen molar-refractivity contribution in [1.82, 2.24) is 15.1 Å². The molecule has 1 heterocycles. The molecule has 0 aliphatic heterocycles. The van der Waals surface area contributed by atoms with Crippen LogP contribution in [0.25, 0.3) is 0 Å². The van der Waals surface area contributed by atoms with Crippen LogP contribution in [0.15, 0.2) is 54.7 Å². The van der Waals surface area contributed by atoms with Crippen LogP contribution in [0, 0.1) is 13.8 Å². The third-order valence-corrected chi connectivity index (χ3v) is 4.83. The molecule has 0 spiro atoms. The Hall–Kier alpha value is -2.59. The number of nitrogens with zero attached hydrogens (tertiary/aromatic N) is 2. The number of rotatable bonds is 8. The van der Waals surface area contributed by atoms with Crippen LogP contribution >= 0.6 is 0 Å². The number of hydrogen-bond donors (Lipinski definition) is 1. The molecule has 0 radical (unpaired) electrons. The van der Waals surface area contributed by atoms with E-state index in [-0.39, 0.29) is 0 Å². The fourth-order valence-corrected chi connectivity index (χ4v) is 3.26. The Morgan fingerprint density at radius 3 is 2.56 bits per heavy atom. The maximum absolute atomic E-state index is 5.91. The summed E-state index contributed by atoms with van der Waals surface area (Å²) < 4.78 is 7.79. The van der Waals surface area contributed by atoms with E-state index in [2.05, 4.69) is 85.9 Å². The van der Waals surface area contributed by atoms with Crippen LogP contribution in [0.4, 0.5) is 0 Å². The van der Waals surface area contributed by atoms with Gasteiger partial charge in [-0.15, -0.1) is 0 Å². The summed E-state index contributed by atoms with van der Waals surface area (Å²) in [5.74, 6) is 0.901. The number of hydrogen-bond acceptors (Lipinski definition) is 3. The van der Waals surface area contributed by atoms with Crippen molar-refractivity contribution in [1.29, 1.82) is 0 Å². The molecule has 0 fully saturated rings. The highest BCUT2D eigenvalue weighted by Gasteiger charge is 2.07. The third kappa shape index (κ3) is 5.44. The molecule has 1 atom stereocenters. The van der Waals surface area contributed by atoms with Gasteiger partial charge in [-0.3, -0.25) is 4.68 Å². The van der Waals surface area contributed by atoms with Gasteiger partial charge >= 0.3 is 0 Å². The Morgan fingerprint density at radius 1 is 1.11 bits per heavy atom. The quantitative estimate of drug-likeness (QED) is 0.640. The second-order valence-electron chi connectivity index (χ2n) is 7.19. The molecule has 142 valence electrons. The van der Waals surface area contributed by atoms with Gasteiger partial charge in [0.15, 0.2) is 0 Å². The Bertz CT molecular complexity index is 868. The molecule has 2 aromatic carbocycles. The highest BCUT2D eigenvalue weighted by atomic mass is 16.5. The van der Waals surface area contributed by atoms with E-state index in [1.54, 1.807) is 0 Å². The highest BCUT2D eigenvalue weighted by molar-refractivity contribution is 5.30. The van der Waals surface area contributed by atoms with E-state index < -0.39 is 0 Å². The van der Waals surface area contributed by atoms with Gasteiger partial charge in [0.05, 0.1) is 5.69 Å². The zero-order valence-corrected chi connectivity index (χ0v) is 16.7. The van der Waals surface area contributed by atoms with Crippen molar-refractivity contribution in [3.63, 3.8) is 0 Å². The molecule has 3 aromatic rings. The second-order valence-corrected chi connectivity index (χ2v) is 7.19. The first-order valence-corrected chi connectivity index (χ1v) is 9.52. The standard InChI is InChI=1S/C23H29N3O/c1-17-6-5-7-20(14-17)16-27-23-10-8-21(9-11-23)18(2)24-13-12-22-15-26(4)25-19(22)3/h5-11,14-15,18,24H,12-13,16H2,1-4H3. The molecule has 4 heteroatoms. The largest absolute Gasteiger partial charge is 0.489 e. The monoisotopic (exact) mass is 363 g/mol. The zero-order chi connectivity index (χ0) is 19.2. The first kappa shape index (κ1) is 19.2. The van der Waals surface area contributed by atoms with Crippen molar-refractivity contribution >= 4 is 0 Å². The van der Waals surface area contributed by atoms with Gasteiger partial charge in [-0.25, -0.2) is 0 Å². The van der Waals surface area contributed by atoms with E-state index in [1.807, 2.05) is 11.7 Å². The third-order valence-electron chi connectivity index (χ3n) is 4.83. The second kappa shape index (κ2) is 8.87. The van der Waals surface area contributed by atoms with E-state index in [0.717, 1.165) is 24.4 Å². The van der Waals surface area contributed by atoms with Crippen molar-refractivity contribution in [2.45, 2.75) is 39.8 Å². The first-order chi connectivity index (χ1) is 13.0. The Morgan fingerprint density at radius 2 is 1.89 bits per heavy atom. The predicted octanol–water partition coefficient (Wildman–Crippen LogP) is 4.51. The molecule has 0 saturated carbocycles. The Labute approximate surface area is 162 Å². The normalized spacial score (nSPS) is 12.1. The Kier molecular flexibility index (Phi) is 6.30. The molecule has 27 heavy (non-hydrogen) atoms. The average Bonchev–Trinajstić information content (AvgIpc) is 2.97. The SMILES string of the molecule is Cc1cccc(COc2ccc(C(C)NCCc3cn(C)nc3C)cc2)c1. The highest BCUT2D eigenvalue weighted by Crippen LogP contribution is 2.19. The fourth-order valence-electron chi connectivity index (χ4n) is 3.26. The molecule has 1 aromatic heterocycles. The van der Waals surface area contributed by atoms with Gasteiger partial charge in [0.1, 0.15) is 12.4 Å². The van der Waals surface area contributed by atoms with Crippen molar-refractivity contribution in [3.8, 4) is 5.75 Å². The summed E-state index contributed by atoms with van der Waals surface area (Å²) in [6.45, 7) is 7.88. The molecule has 0 saturated heterocycles. The van der Waals surface area contributed by atoms with Crippen LogP contribution in [0.1, 0.15) is 40.9 Å². The minimum absolute atomic E-state index is 0.299. The molecule has 0 aliphatic carbocycles. The predicted molar refractivity (Wildman–Crippen MR) is 110 cm³/mol. The summed E-state index contributed by atoms with van der Waals surface area (Å²) in [5, 5.41) is 7.99. The lowest BCUT2D eigenvalue weighted by Gasteiger charge is -2.15. The van der Waals surface area contributed by atoms with E-state index in [4.69, 9.17) is 4.74 Å². The lowest BCUT2D eigenvalue weighted by Crippen LogP contribution is -2.21. The fraction of sp³-hybridized carbons (Fsp3) is 0.348. The molecule has 0 aliphatic rings. The number of aryl methyl sites for hydroxylation is 3. The van der Waals surface area contributed by atoms with Crippen LogP contribution in [-0.4, -0.2) is 16.3 Å². The first-order valence-electron chi connectivity index (χ1n) is 9.52. The number of benzene rings is 2. The topological polar surface area (TPSA) is 39.1 Å². The maximum Gasteiger partial charge on any atom is 0.119 e. The molecule has 4 nitrogen and oxygen atoms in total. The van der Waals surface area contributed by atoms with Crippen LogP contribution < -0.4 is 10.1 Å². The summed E-state index contributed by atoms with van der Waals surface area (Å²) in [5.41, 5.74) is 6.13. The molecule has 1 unspecified atom stereocenters. The van der Waals surface area contributed by atoms with Crippen LogP contribution in [0.3, 0.4) is 0 Å². The van der Waals surface area contributed by atoms with Gasteiger partial charge < -0.3 is 10.1 Å². The van der Waals surface area contributed by atoms with Gasteiger partial charge in [-0.2, -0.15) is 5.10 Å². The van der Waals surface area contributed by atoms with Crippen LogP contribution in [-0.2, 0) is 20.1 Å². The molecule has 0 bridgehead atoms. The van der Waals surface area contributed by atoms with Crippen molar-refractivity contribution in [3.05, 3.63) is 82.7 Å². The molecule has 1 N–H and O–H groups in total.